The van der Waals surface area contributed by atoms with Crippen LogP contribution >= 0.6 is 11.8 Å². The number of hydrogen-bond donors (Lipinski definition) is 0. The lowest BCUT2D eigenvalue weighted by atomic mass is 10.0. The van der Waals surface area contributed by atoms with Gasteiger partial charge in [-0.25, -0.2) is 0 Å². The van der Waals surface area contributed by atoms with E-state index in [-0.39, 0.29) is 5.91 Å². The summed E-state index contributed by atoms with van der Waals surface area (Å²) in [5, 5.41) is 0.803. The molecular weight excluding hydrogens is 316 g/mol. The molecule has 0 aliphatic carbocycles. The molecule has 2 aromatic rings. The van der Waals surface area contributed by atoms with E-state index in [0.717, 1.165) is 23.8 Å². The second kappa shape index (κ2) is 7.49. The van der Waals surface area contributed by atoms with E-state index in [1.807, 2.05) is 36.4 Å². The summed E-state index contributed by atoms with van der Waals surface area (Å²) in [7, 11) is 0. The topological polar surface area (TPSA) is 32.7 Å². The summed E-state index contributed by atoms with van der Waals surface area (Å²) in [4.78, 5) is 19.1. The summed E-state index contributed by atoms with van der Waals surface area (Å²) in [6.45, 7) is 5.85. The van der Waals surface area contributed by atoms with Crippen LogP contribution in [0.1, 0.15) is 19.4 Å². The molecule has 122 valence electrons. The van der Waals surface area contributed by atoms with Crippen LogP contribution in [-0.2, 0) is 4.79 Å². The molecule has 0 N–H and O–H groups in total. The number of amidine groups is 1. The van der Waals surface area contributed by atoms with E-state index in [1.165, 1.54) is 22.9 Å². The molecule has 0 fully saturated rings. The van der Waals surface area contributed by atoms with Gasteiger partial charge in [0.25, 0.3) is 5.91 Å². The second-order valence-electron chi connectivity index (χ2n) is 5.47. The first-order valence-electron chi connectivity index (χ1n) is 8.14. The van der Waals surface area contributed by atoms with Crippen molar-refractivity contribution in [2.75, 3.05) is 13.1 Å². The maximum Gasteiger partial charge on any atom is 0.286 e. The fourth-order valence-electron chi connectivity index (χ4n) is 2.58. The predicted octanol–water partition coefficient (Wildman–Crippen LogP) is 4.67. The molecule has 2 aromatic carbocycles. The maximum atomic E-state index is 12.1. The zero-order valence-electron chi connectivity index (χ0n) is 13.9. The highest BCUT2D eigenvalue weighted by Gasteiger charge is 2.24. The zero-order chi connectivity index (χ0) is 16.9. The average molecular weight is 336 g/mol. The lowest BCUT2D eigenvalue weighted by Crippen LogP contribution is -2.26. The SMILES string of the molecule is CCN(CC)C1=NC(=O)C(=Cc2ccc(-c3ccccc3)cc2)S1. The van der Waals surface area contributed by atoms with Crippen LogP contribution < -0.4 is 0 Å². The number of rotatable bonds is 4. The third-order valence-corrected chi connectivity index (χ3v) is 5.00. The second-order valence-corrected chi connectivity index (χ2v) is 6.48. The van der Waals surface area contributed by atoms with E-state index in [4.69, 9.17) is 0 Å². The van der Waals surface area contributed by atoms with Gasteiger partial charge in [0.2, 0.25) is 0 Å². The number of amides is 1. The molecule has 0 saturated heterocycles. The normalized spacial score (nSPS) is 15.7. The molecule has 0 saturated carbocycles. The first-order chi connectivity index (χ1) is 11.7. The predicted molar refractivity (Wildman–Crippen MR) is 103 cm³/mol. The fraction of sp³-hybridized carbons (Fsp3) is 0.200. The number of carbonyl (C=O) groups excluding carboxylic acids is 1. The van der Waals surface area contributed by atoms with E-state index >= 15 is 0 Å². The monoisotopic (exact) mass is 336 g/mol. The summed E-state index contributed by atoms with van der Waals surface area (Å²) in [5.74, 6) is -0.144. The van der Waals surface area contributed by atoms with Crippen LogP contribution in [0, 0.1) is 0 Å². The smallest absolute Gasteiger partial charge is 0.286 e. The summed E-state index contributed by atoms with van der Waals surface area (Å²) < 4.78 is 0. The van der Waals surface area contributed by atoms with Crippen LogP contribution in [0.2, 0.25) is 0 Å². The highest BCUT2D eigenvalue weighted by Crippen LogP contribution is 2.30. The maximum absolute atomic E-state index is 12.1. The highest BCUT2D eigenvalue weighted by atomic mass is 32.2. The molecule has 0 bridgehead atoms. The Kier molecular flexibility index (Phi) is 5.16. The van der Waals surface area contributed by atoms with Crippen molar-refractivity contribution in [2.45, 2.75) is 13.8 Å². The minimum atomic E-state index is -0.144. The molecule has 4 heteroatoms. The molecule has 0 radical (unpaired) electrons. The Balaban J connectivity index is 1.77. The number of hydrogen-bond acceptors (Lipinski definition) is 3. The van der Waals surface area contributed by atoms with Crippen LogP contribution in [0.4, 0.5) is 0 Å². The van der Waals surface area contributed by atoms with Gasteiger partial charge >= 0.3 is 0 Å². The quantitative estimate of drug-likeness (QED) is 0.761. The largest absolute Gasteiger partial charge is 0.351 e. The Morgan fingerprint density at radius 3 is 2.21 bits per heavy atom. The van der Waals surface area contributed by atoms with Crippen LogP contribution in [0.15, 0.2) is 64.5 Å². The number of carbonyl (C=O) groups is 1. The molecule has 1 amide bonds. The molecule has 3 nitrogen and oxygen atoms in total. The Morgan fingerprint density at radius 1 is 0.958 bits per heavy atom. The minimum absolute atomic E-state index is 0.144. The standard InChI is InChI=1S/C20H20N2OS/c1-3-22(4-2)20-21-19(23)18(24-20)14-15-10-12-17(13-11-15)16-8-6-5-7-9-16/h5-14H,3-4H2,1-2H3. The molecule has 0 unspecified atom stereocenters. The van der Waals surface area contributed by atoms with E-state index in [0.29, 0.717) is 4.91 Å². The third kappa shape index (κ3) is 3.60. The summed E-state index contributed by atoms with van der Waals surface area (Å²) in [6, 6.07) is 18.5. The average Bonchev–Trinajstić information content (AvgIpc) is 2.98. The van der Waals surface area contributed by atoms with Gasteiger partial charge in [0, 0.05) is 13.1 Å². The van der Waals surface area contributed by atoms with E-state index in [1.54, 1.807) is 0 Å². The van der Waals surface area contributed by atoms with Gasteiger partial charge in [-0.3, -0.25) is 4.79 Å². The highest BCUT2D eigenvalue weighted by molar-refractivity contribution is 8.18. The van der Waals surface area contributed by atoms with Crippen LogP contribution in [-0.4, -0.2) is 29.1 Å². The molecule has 1 heterocycles. The van der Waals surface area contributed by atoms with Crippen LogP contribution in [0.25, 0.3) is 17.2 Å². The lowest BCUT2D eigenvalue weighted by Gasteiger charge is -2.18. The van der Waals surface area contributed by atoms with Crippen molar-refractivity contribution in [3.8, 4) is 11.1 Å². The van der Waals surface area contributed by atoms with Crippen molar-refractivity contribution in [1.29, 1.82) is 0 Å². The van der Waals surface area contributed by atoms with Crippen molar-refractivity contribution in [2.24, 2.45) is 4.99 Å². The van der Waals surface area contributed by atoms with Gasteiger partial charge in [0.05, 0.1) is 4.91 Å². The van der Waals surface area contributed by atoms with Crippen molar-refractivity contribution >= 4 is 28.9 Å². The molecule has 24 heavy (non-hydrogen) atoms. The summed E-state index contributed by atoms with van der Waals surface area (Å²) >= 11 is 1.46. The summed E-state index contributed by atoms with van der Waals surface area (Å²) in [5.41, 5.74) is 3.37. The summed E-state index contributed by atoms with van der Waals surface area (Å²) in [6.07, 6.45) is 1.92. The van der Waals surface area contributed by atoms with Gasteiger partial charge in [-0.2, -0.15) is 4.99 Å². The third-order valence-electron chi connectivity index (χ3n) is 3.96. The van der Waals surface area contributed by atoms with Gasteiger partial charge in [0.1, 0.15) is 0 Å². The molecule has 1 aliphatic rings. The first kappa shape index (κ1) is 16.5. The molecular formula is C20H20N2OS. The van der Waals surface area contributed by atoms with E-state index in [2.05, 4.69) is 48.0 Å². The Labute approximate surface area is 147 Å². The van der Waals surface area contributed by atoms with Crippen molar-refractivity contribution in [1.82, 2.24) is 4.90 Å². The molecule has 1 aliphatic heterocycles. The lowest BCUT2D eigenvalue weighted by molar-refractivity contribution is -0.113. The van der Waals surface area contributed by atoms with Gasteiger partial charge in [-0.05, 0) is 48.4 Å². The number of benzene rings is 2. The number of nitrogens with zero attached hydrogens (tertiary/aromatic N) is 2. The van der Waals surface area contributed by atoms with Crippen molar-refractivity contribution in [3.63, 3.8) is 0 Å². The Morgan fingerprint density at radius 2 is 1.58 bits per heavy atom. The Hall–Kier alpha value is -2.33. The number of aliphatic imine (C=N–C) groups is 1. The molecule has 0 atom stereocenters. The van der Waals surface area contributed by atoms with Gasteiger partial charge in [-0.15, -0.1) is 0 Å². The van der Waals surface area contributed by atoms with Gasteiger partial charge < -0.3 is 4.90 Å². The Bertz CT molecular complexity index is 775. The minimum Gasteiger partial charge on any atom is -0.351 e. The number of thioether (sulfide) groups is 1. The van der Waals surface area contributed by atoms with E-state index < -0.39 is 0 Å². The zero-order valence-corrected chi connectivity index (χ0v) is 14.7. The first-order valence-corrected chi connectivity index (χ1v) is 8.96. The molecule has 0 aromatic heterocycles. The van der Waals surface area contributed by atoms with Crippen LogP contribution in [0.5, 0.6) is 0 Å². The van der Waals surface area contributed by atoms with Gasteiger partial charge in [-0.1, -0.05) is 54.6 Å². The van der Waals surface area contributed by atoms with Crippen LogP contribution in [0.3, 0.4) is 0 Å². The van der Waals surface area contributed by atoms with Crippen molar-refractivity contribution < 1.29 is 4.79 Å². The molecule has 3 rings (SSSR count). The molecule has 0 spiro atoms. The van der Waals surface area contributed by atoms with Gasteiger partial charge in [0.15, 0.2) is 5.17 Å². The van der Waals surface area contributed by atoms with E-state index in [9.17, 15) is 4.79 Å². The fourth-order valence-corrected chi connectivity index (χ4v) is 3.62. The van der Waals surface area contributed by atoms with Crippen molar-refractivity contribution in [3.05, 3.63) is 65.1 Å².